The predicted octanol–water partition coefficient (Wildman–Crippen LogP) is 5.23. The van der Waals surface area contributed by atoms with Crippen LogP contribution in [-0.4, -0.2) is 21.8 Å². The molecule has 0 radical (unpaired) electrons. The molecular formula is C26H29N5OS. The van der Waals surface area contributed by atoms with Gasteiger partial charge in [-0.1, -0.05) is 24.3 Å². The fourth-order valence-corrected chi connectivity index (χ4v) is 5.39. The molecule has 3 heterocycles. The average Bonchev–Trinajstić information content (AvgIpc) is 3.36. The number of thiophene rings is 1. The van der Waals surface area contributed by atoms with Gasteiger partial charge >= 0.3 is 0 Å². The van der Waals surface area contributed by atoms with Gasteiger partial charge in [0.2, 0.25) is 0 Å². The Morgan fingerprint density at radius 2 is 1.94 bits per heavy atom. The molecule has 2 N–H and O–H groups in total. The first-order chi connectivity index (χ1) is 15.9. The number of fused-ring (bicyclic) bond motifs is 1. The molecule has 1 aliphatic rings. The molecule has 33 heavy (non-hydrogen) atoms. The number of hydrogen-bond donors (Lipinski definition) is 2. The van der Waals surface area contributed by atoms with Crippen molar-refractivity contribution >= 4 is 27.9 Å². The van der Waals surface area contributed by atoms with Crippen LogP contribution in [0.4, 0.5) is 5.82 Å². The highest BCUT2D eigenvalue weighted by Crippen LogP contribution is 2.42. The number of pyridine rings is 1. The average molecular weight is 460 g/mol. The van der Waals surface area contributed by atoms with E-state index < -0.39 is 0 Å². The van der Waals surface area contributed by atoms with Gasteiger partial charge in [0.15, 0.2) is 5.82 Å². The molecule has 0 spiro atoms. The van der Waals surface area contributed by atoms with Gasteiger partial charge < -0.3 is 15.2 Å². The summed E-state index contributed by atoms with van der Waals surface area (Å²) in [4.78, 5) is 15.2. The minimum Gasteiger partial charge on any atom is -0.361 e. The van der Waals surface area contributed by atoms with Crippen LogP contribution in [0.3, 0.4) is 0 Å². The molecule has 4 aromatic rings. The number of hydrogen-bond acceptors (Lipinski definition) is 6. The monoisotopic (exact) mass is 459 g/mol. The van der Waals surface area contributed by atoms with Crippen molar-refractivity contribution in [3.8, 4) is 10.4 Å². The van der Waals surface area contributed by atoms with E-state index in [0.29, 0.717) is 5.82 Å². The topological polar surface area (TPSA) is 71.8 Å². The van der Waals surface area contributed by atoms with E-state index in [4.69, 9.17) is 0 Å². The third kappa shape index (κ3) is 4.07. The van der Waals surface area contributed by atoms with Gasteiger partial charge in [0.1, 0.15) is 0 Å². The molecule has 0 bridgehead atoms. The fourth-order valence-electron chi connectivity index (χ4n) is 4.32. The molecule has 1 aliphatic carbocycles. The molecule has 7 heteroatoms. The maximum Gasteiger partial charge on any atom is 0.251 e. The summed E-state index contributed by atoms with van der Waals surface area (Å²) in [5, 5.41) is 17.4. The number of aryl methyl sites for hydroxylation is 1. The van der Waals surface area contributed by atoms with Gasteiger partial charge in [-0.2, -0.15) is 5.10 Å². The zero-order valence-electron chi connectivity index (χ0n) is 19.5. The minimum atomic E-state index is -0.0747. The Labute approximate surface area is 197 Å². The van der Waals surface area contributed by atoms with Crippen molar-refractivity contribution in [2.75, 3.05) is 12.4 Å². The van der Waals surface area contributed by atoms with Crippen molar-refractivity contribution in [1.82, 2.24) is 20.1 Å². The minimum absolute atomic E-state index is 0.0285. The molecule has 0 saturated heterocycles. The Morgan fingerprint density at radius 1 is 1.15 bits per heavy atom. The first kappa shape index (κ1) is 21.8. The van der Waals surface area contributed by atoms with E-state index in [0.717, 1.165) is 35.9 Å². The van der Waals surface area contributed by atoms with Gasteiger partial charge in [0.25, 0.3) is 5.56 Å². The van der Waals surface area contributed by atoms with E-state index in [2.05, 4.69) is 71.1 Å². The number of rotatable bonds is 7. The van der Waals surface area contributed by atoms with Crippen LogP contribution in [0.2, 0.25) is 0 Å². The molecule has 0 amide bonds. The van der Waals surface area contributed by atoms with E-state index >= 15 is 0 Å². The number of nitrogens with zero attached hydrogens (tertiary/aromatic N) is 3. The van der Waals surface area contributed by atoms with Crippen LogP contribution in [0.15, 0.2) is 53.5 Å². The van der Waals surface area contributed by atoms with Crippen molar-refractivity contribution in [2.24, 2.45) is 0 Å². The molecule has 1 saturated carbocycles. The number of benzene rings is 1. The van der Waals surface area contributed by atoms with Crippen molar-refractivity contribution in [3.63, 3.8) is 0 Å². The molecule has 6 nitrogen and oxygen atoms in total. The molecule has 0 unspecified atom stereocenters. The molecule has 1 aromatic carbocycles. The van der Waals surface area contributed by atoms with Gasteiger partial charge in [-0.05, 0) is 63.9 Å². The lowest BCUT2D eigenvalue weighted by Crippen LogP contribution is -2.27. The lowest BCUT2D eigenvalue weighted by atomic mass is 10.1. The van der Waals surface area contributed by atoms with Crippen LogP contribution in [0.5, 0.6) is 0 Å². The standard InChI is InChI=1S/C26H29N5OS/c1-16-20-13-24(32)31(26(3)11-12-26)15-21(20)25(30-29-16)28-17(2)22-9-10-23(33-22)19-8-6-5-7-18(19)14-27-4/h5-10,13,15,17,27H,11-12,14H2,1-4H3,(H,28,30)/t17-/m1/s1. The maximum absolute atomic E-state index is 12.7. The zero-order valence-corrected chi connectivity index (χ0v) is 20.3. The highest BCUT2D eigenvalue weighted by atomic mass is 32.1. The summed E-state index contributed by atoms with van der Waals surface area (Å²) in [7, 11) is 1.97. The lowest BCUT2D eigenvalue weighted by Gasteiger charge is -2.18. The molecule has 170 valence electrons. The van der Waals surface area contributed by atoms with Gasteiger partial charge in [-0.25, -0.2) is 0 Å². The summed E-state index contributed by atoms with van der Waals surface area (Å²) in [6.45, 7) is 7.01. The second-order valence-electron chi connectivity index (χ2n) is 9.20. The second-order valence-corrected chi connectivity index (χ2v) is 10.3. The summed E-state index contributed by atoms with van der Waals surface area (Å²) < 4.78 is 1.87. The van der Waals surface area contributed by atoms with Gasteiger partial charge in [-0.3, -0.25) is 4.79 Å². The summed E-state index contributed by atoms with van der Waals surface area (Å²) in [6, 6.07) is 14.6. The maximum atomic E-state index is 12.7. The molecule has 1 atom stereocenters. The van der Waals surface area contributed by atoms with E-state index in [1.54, 1.807) is 17.4 Å². The summed E-state index contributed by atoms with van der Waals surface area (Å²) in [6.07, 6.45) is 4.03. The largest absolute Gasteiger partial charge is 0.361 e. The zero-order chi connectivity index (χ0) is 23.2. The van der Waals surface area contributed by atoms with Crippen LogP contribution in [0, 0.1) is 6.92 Å². The number of nitrogens with one attached hydrogen (secondary N) is 2. The molecule has 5 rings (SSSR count). The van der Waals surface area contributed by atoms with Crippen LogP contribution in [0.25, 0.3) is 21.2 Å². The van der Waals surface area contributed by atoms with Gasteiger partial charge in [0, 0.05) is 44.9 Å². The Balaban J connectivity index is 1.47. The Bertz CT molecular complexity index is 1390. The third-order valence-corrected chi connectivity index (χ3v) is 7.91. The third-order valence-electron chi connectivity index (χ3n) is 6.61. The van der Waals surface area contributed by atoms with Gasteiger partial charge in [-0.15, -0.1) is 16.4 Å². The second kappa shape index (κ2) is 8.39. The molecule has 0 aliphatic heterocycles. The summed E-state index contributed by atoms with van der Waals surface area (Å²) in [5.74, 6) is 0.714. The van der Waals surface area contributed by atoms with E-state index in [1.165, 1.54) is 20.9 Å². The Hall–Kier alpha value is -3.03. The van der Waals surface area contributed by atoms with Crippen LogP contribution >= 0.6 is 11.3 Å². The van der Waals surface area contributed by atoms with Crippen molar-refractivity contribution in [2.45, 2.75) is 51.7 Å². The van der Waals surface area contributed by atoms with E-state index in [9.17, 15) is 4.79 Å². The summed E-state index contributed by atoms with van der Waals surface area (Å²) in [5.41, 5.74) is 3.27. The number of aromatic nitrogens is 3. The van der Waals surface area contributed by atoms with E-state index in [1.807, 2.05) is 24.7 Å². The van der Waals surface area contributed by atoms with Crippen molar-refractivity contribution in [3.05, 3.63) is 75.1 Å². The Morgan fingerprint density at radius 3 is 2.70 bits per heavy atom. The van der Waals surface area contributed by atoms with Crippen LogP contribution in [0.1, 0.15) is 48.9 Å². The van der Waals surface area contributed by atoms with Crippen LogP contribution < -0.4 is 16.2 Å². The Kier molecular flexibility index (Phi) is 5.54. The lowest BCUT2D eigenvalue weighted by molar-refractivity contribution is 0.516. The SMILES string of the molecule is CNCc1ccccc1-c1ccc([C@@H](C)Nc2nnc(C)c3cc(=O)n(C4(C)CC4)cc23)s1. The smallest absolute Gasteiger partial charge is 0.251 e. The quantitative estimate of drug-likeness (QED) is 0.396. The first-order valence-corrected chi connectivity index (χ1v) is 12.2. The highest BCUT2D eigenvalue weighted by Gasteiger charge is 2.40. The normalized spacial score (nSPS) is 15.5. The fraction of sp³-hybridized carbons (Fsp3) is 0.346. The molecule has 1 fully saturated rings. The highest BCUT2D eigenvalue weighted by molar-refractivity contribution is 7.15. The summed E-state index contributed by atoms with van der Waals surface area (Å²) >= 11 is 1.79. The number of anilines is 1. The van der Waals surface area contributed by atoms with E-state index in [-0.39, 0.29) is 17.1 Å². The van der Waals surface area contributed by atoms with Crippen molar-refractivity contribution in [1.29, 1.82) is 0 Å². The molecule has 3 aromatic heterocycles. The van der Waals surface area contributed by atoms with Crippen molar-refractivity contribution < 1.29 is 0 Å². The first-order valence-electron chi connectivity index (χ1n) is 11.4. The molecular weight excluding hydrogens is 430 g/mol. The predicted molar refractivity (Wildman–Crippen MR) is 136 cm³/mol. The van der Waals surface area contributed by atoms with Gasteiger partial charge in [0.05, 0.1) is 11.7 Å². The van der Waals surface area contributed by atoms with Crippen LogP contribution in [-0.2, 0) is 12.1 Å².